The first-order valence-electron chi connectivity index (χ1n) is 6.74. The summed E-state index contributed by atoms with van der Waals surface area (Å²) in [5.41, 5.74) is 0. The highest BCUT2D eigenvalue weighted by molar-refractivity contribution is 4.92. The molecule has 0 aromatic rings. The van der Waals surface area contributed by atoms with E-state index in [0.717, 1.165) is 17.9 Å². The zero-order valence-corrected chi connectivity index (χ0v) is 10.3. The average molecular weight is 210 g/mol. The van der Waals surface area contributed by atoms with Gasteiger partial charge in [0.2, 0.25) is 0 Å². The van der Waals surface area contributed by atoms with Gasteiger partial charge >= 0.3 is 0 Å². The normalized spacial score (nSPS) is 32.4. The van der Waals surface area contributed by atoms with Gasteiger partial charge in [-0.25, -0.2) is 0 Å². The topological polar surface area (TPSA) is 15.3 Å². The lowest BCUT2D eigenvalue weighted by Crippen LogP contribution is -2.38. The summed E-state index contributed by atoms with van der Waals surface area (Å²) >= 11 is 0. The van der Waals surface area contributed by atoms with E-state index < -0.39 is 0 Å². The smallest absolute Gasteiger partial charge is 0.00987 e. The molecule has 3 atom stereocenters. The summed E-state index contributed by atoms with van der Waals surface area (Å²) in [7, 11) is 0. The van der Waals surface area contributed by atoms with Crippen LogP contribution in [0.5, 0.6) is 0 Å². The van der Waals surface area contributed by atoms with Gasteiger partial charge in [-0.05, 0) is 50.6 Å². The Hall–Kier alpha value is -0.0800. The van der Waals surface area contributed by atoms with Crippen LogP contribution in [0.15, 0.2) is 0 Å². The lowest BCUT2D eigenvalue weighted by molar-refractivity contribution is 0.185. The molecule has 0 aromatic carbocycles. The molecule has 0 amide bonds. The fourth-order valence-corrected chi connectivity index (χ4v) is 3.24. The molecule has 1 N–H and O–H groups in total. The molecule has 2 heteroatoms. The maximum Gasteiger partial charge on any atom is 0.00987 e. The van der Waals surface area contributed by atoms with Crippen molar-refractivity contribution in [1.29, 1.82) is 0 Å². The van der Waals surface area contributed by atoms with Gasteiger partial charge in [0.25, 0.3) is 0 Å². The van der Waals surface area contributed by atoms with Crippen LogP contribution in [0.4, 0.5) is 0 Å². The van der Waals surface area contributed by atoms with E-state index in [2.05, 4.69) is 24.1 Å². The molecular weight excluding hydrogens is 184 g/mol. The molecule has 1 aliphatic heterocycles. The largest absolute Gasteiger partial charge is 0.316 e. The van der Waals surface area contributed by atoms with Gasteiger partial charge in [-0.2, -0.15) is 0 Å². The third kappa shape index (κ3) is 2.94. The van der Waals surface area contributed by atoms with Gasteiger partial charge in [0.15, 0.2) is 0 Å². The molecule has 2 fully saturated rings. The Morgan fingerprint density at radius 2 is 2.27 bits per heavy atom. The fourth-order valence-electron chi connectivity index (χ4n) is 3.24. The van der Waals surface area contributed by atoms with Gasteiger partial charge in [0.1, 0.15) is 0 Å². The molecule has 1 saturated heterocycles. The van der Waals surface area contributed by atoms with Gasteiger partial charge in [-0.1, -0.05) is 13.8 Å². The van der Waals surface area contributed by atoms with E-state index in [4.69, 9.17) is 0 Å². The predicted octanol–water partition coefficient (Wildman–Crippen LogP) is 2.11. The second-order valence-corrected chi connectivity index (χ2v) is 5.60. The molecule has 1 heterocycles. The quantitative estimate of drug-likeness (QED) is 0.676. The Labute approximate surface area is 94.4 Å². The minimum absolute atomic E-state index is 0.816. The van der Waals surface area contributed by atoms with Crippen LogP contribution in [0.3, 0.4) is 0 Å². The number of hydrogen-bond donors (Lipinski definition) is 1. The highest BCUT2D eigenvalue weighted by Crippen LogP contribution is 2.37. The van der Waals surface area contributed by atoms with E-state index in [-0.39, 0.29) is 0 Å². The third-order valence-electron chi connectivity index (χ3n) is 3.99. The van der Waals surface area contributed by atoms with Gasteiger partial charge in [-0.15, -0.1) is 0 Å². The lowest BCUT2D eigenvalue weighted by atomic mass is 10.1. The van der Waals surface area contributed by atoms with Crippen molar-refractivity contribution >= 4 is 0 Å². The van der Waals surface area contributed by atoms with Crippen molar-refractivity contribution in [3.63, 3.8) is 0 Å². The number of likely N-dealkylation sites (tertiary alicyclic amines) is 1. The van der Waals surface area contributed by atoms with Gasteiger partial charge in [0.05, 0.1) is 0 Å². The molecule has 15 heavy (non-hydrogen) atoms. The van der Waals surface area contributed by atoms with E-state index >= 15 is 0 Å². The Morgan fingerprint density at radius 3 is 2.87 bits per heavy atom. The highest BCUT2D eigenvalue weighted by atomic mass is 15.2. The summed E-state index contributed by atoms with van der Waals surface area (Å²) in [5.74, 6) is 1.86. The number of piperidine rings is 1. The number of rotatable bonds is 6. The monoisotopic (exact) mass is 210 g/mol. The van der Waals surface area contributed by atoms with E-state index in [1.54, 1.807) is 0 Å². The molecule has 3 unspecified atom stereocenters. The van der Waals surface area contributed by atoms with Crippen LogP contribution in [0.1, 0.15) is 39.5 Å². The Balaban J connectivity index is 1.64. The Bertz CT molecular complexity index is 193. The molecular formula is C13H26N2. The fraction of sp³-hybridized carbons (Fsp3) is 1.00. The second kappa shape index (κ2) is 5.31. The Kier molecular flexibility index (Phi) is 4.04. The number of fused-ring (bicyclic) bond motifs is 2. The van der Waals surface area contributed by atoms with Gasteiger partial charge in [0, 0.05) is 19.1 Å². The van der Waals surface area contributed by atoms with Crippen molar-refractivity contribution in [2.45, 2.75) is 45.6 Å². The van der Waals surface area contributed by atoms with Crippen molar-refractivity contribution in [3.8, 4) is 0 Å². The van der Waals surface area contributed by atoms with Crippen LogP contribution in [-0.4, -0.2) is 37.1 Å². The van der Waals surface area contributed by atoms with Gasteiger partial charge in [-0.3, -0.25) is 4.90 Å². The van der Waals surface area contributed by atoms with E-state index in [9.17, 15) is 0 Å². The first kappa shape index (κ1) is 11.4. The molecule has 2 nitrogen and oxygen atoms in total. The van der Waals surface area contributed by atoms with Crippen LogP contribution < -0.4 is 5.32 Å². The minimum atomic E-state index is 0.816. The summed E-state index contributed by atoms with van der Waals surface area (Å²) in [6, 6.07) is 0.948. The van der Waals surface area contributed by atoms with E-state index in [1.165, 1.54) is 51.9 Å². The maximum absolute atomic E-state index is 3.53. The molecule has 1 saturated carbocycles. The predicted molar refractivity (Wildman–Crippen MR) is 65.0 cm³/mol. The van der Waals surface area contributed by atoms with Crippen LogP contribution in [0, 0.1) is 11.8 Å². The van der Waals surface area contributed by atoms with E-state index in [0.29, 0.717) is 0 Å². The molecule has 2 bridgehead atoms. The third-order valence-corrected chi connectivity index (χ3v) is 3.99. The minimum Gasteiger partial charge on any atom is -0.316 e. The number of hydrogen-bond acceptors (Lipinski definition) is 2. The number of nitrogens with one attached hydrogen (secondary N) is 1. The SMILES string of the molecule is CCCNCC(C)CN1CC2CCC1C2. The first-order chi connectivity index (χ1) is 7.29. The summed E-state index contributed by atoms with van der Waals surface area (Å²) in [5, 5.41) is 3.53. The molecule has 0 aromatic heterocycles. The molecule has 2 rings (SSSR count). The van der Waals surface area contributed by atoms with E-state index in [1.807, 2.05) is 0 Å². The van der Waals surface area contributed by atoms with Crippen LogP contribution in [0.25, 0.3) is 0 Å². The summed E-state index contributed by atoms with van der Waals surface area (Å²) < 4.78 is 0. The second-order valence-electron chi connectivity index (χ2n) is 5.60. The highest BCUT2D eigenvalue weighted by Gasteiger charge is 2.37. The standard InChI is InChI=1S/C13H26N2/c1-3-6-14-8-11(2)9-15-10-12-4-5-13(15)7-12/h11-14H,3-10H2,1-2H3. The lowest BCUT2D eigenvalue weighted by Gasteiger charge is -2.29. The van der Waals surface area contributed by atoms with Crippen LogP contribution in [-0.2, 0) is 0 Å². The summed E-state index contributed by atoms with van der Waals surface area (Å²) in [6.07, 6.45) is 5.72. The molecule has 2 aliphatic rings. The van der Waals surface area contributed by atoms with Crippen LogP contribution in [0.2, 0.25) is 0 Å². The van der Waals surface area contributed by atoms with Crippen molar-refractivity contribution in [1.82, 2.24) is 10.2 Å². The average Bonchev–Trinajstić information content (AvgIpc) is 2.79. The molecule has 0 spiro atoms. The van der Waals surface area contributed by atoms with Crippen molar-refractivity contribution in [2.75, 3.05) is 26.2 Å². The zero-order valence-electron chi connectivity index (χ0n) is 10.3. The number of nitrogens with zero attached hydrogens (tertiary/aromatic N) is 1. The van der Waals surface area contributed by atoms with Crippen LogP contribution >= 0.6 is 0 Å². The molecule has 0 radical (unpaired) electrons. The van der Waals surface area contributed by atoms with Crippen molar-refractivity contribution in [3.05, 3.63) is 0 Å². The first-order valence-corrected chi connectivity index (χ1v) is 6.74. The van der Waals surface area contributed by atoms with Crippen molar-refractivity contribution < 1.29 is 0 Å². The molecule has 88 valence electrons. The summed E-state index contributed by atoms with van der Waals surface area (Å²) in [6.45, 7) is 9.70. The maximum atomic E-state index is 3.53. The van der Waals surface area contributed by atoms with Crippen molar-refractivity contribution in [2.24, 2.45) is 11.8 Å². The Morgan fingerprint density at radius 1 is 1.40 bits per heavy atom. The zero-order chi connectivity index (χ0) is 10.7. The van der Waals surface area contributed by atoms with Gasteiger partial charge < -0.3 is 5.32 Å². The molecule has 1 aliphatic carbocycles. The summed E-state index contributed by atoms with van der Waals surface area (Å²) in [4.78, 5) is 2.74.